The van der Waals surface area contributed by atoms with Gasteiger partial charge < -0.3 is 15.5 Å². The topological polar surface area (TPSA) is 56.7 Å². The van der Waals surface area contributed by atoms with Gasteiger partial charge in [0.05, 0.1) is 0 Å². The molecule has 150 valence electrons. The first-order chi connectivity index (χ1) is 12.5. The third-order valence-electron chi connectivity index (χ3n) is 5.50. The lowest BCUT2D eigenvalue weighted by Gasteiger charge is -2.37. The van der Waals surface area contributed by atoms with Crippen molar-refractivity contribution in [3.05, 3.63) is 29.8 Å². The zero-order chi connectivity index (χ0) is 18.5. The average Bonchev–Trinajstić information content (AvgIpc) is 2.53. The lowest BCUT2D eigenvalue weighted by Crippen LogP contribution is -2.48. The molecule has 1 amide bonds. The fraction of sp³-hybridized carbons (Fsp3) is 0.619. The van der Waals surface area contributed by atoms with Gasteiger partial charge in [0.1, 0.15) is 0 Å². The number of likely N-dealkylation sites (tertiary alicyclic amines) is 1. The van der Waals surface area contributed by atoms with E-state index in [0.717, 1.165) is 43.1 Å². The Morgan fingerprint density at radius 3 is 2.52 bits per heavy atom. The Balaban J connectivity index is 0.00000261. The van der Waals surface area contributed by atoms with Crippen molar-refractivity contribution in [1.29, 1.82) is 0 Å². The summed E-state index contributed by atoms with van der Waals surface area (Å²) in [5.41, 5.74) is 2.03. The molecule has 3 rings (SSSR count). The Kier molecular flexibility index (Phi) is 8.38. The molecule has 1 saturated heterocycles. The van der Waals surface area contributed by atoms with Crippen LogP contribution in [0.5, 0.6) is 0 Å². The maximum Gasteiger partial charge on any atom is 0.227 e. The van der Waals surface area contributed by atoms with Crippen LogP contribution in [0, 0.1) is 17.8 Å². The first-order valence-corrected chi connectivity index (χ1v) is 9.90. The van der Waals surface area contributed by atoms with E-state index in [0.29, 0.717) is 18.4 Å². The fourth-order valence-corrected chi connectivity index (χ4v) is 4.02. The van der Waals surface area contributed by atoms with E-state index in [1.54, 1.807) is 0 Å². The van der Waals surface area contributed by atoms with E-state index in [1.807, 2.05) is 19.2 Å². The number of carbonyl (C=O) groups excluding carboxylic acids is 1. The standard InChI is InChI=1S/C21H32N4O.HI/c1-15-10-16(2)14-25(13-15)21(22-3)23-12-17-6-4-9-19(11-17)24-20(26)18-7-5-8-18;/h4,6,9,11,15-16,18H,5,7-8,10,12-14H2,1-3H3,(H,22,23)(H,24,26);1H. The number of halogens is 1. The quantitative estimate of drug-likeness (QED) is 0.385. The monoisotopic (exact) mass is 484 g/mol. The molecule has 6 heteroatoms. The van der Waals surface area contributed by atoms with Gasteiger partial charge in [-0.3, -0.25) is 9.79 Å². The van der Waals surface area contributed by atoms with Crippen molar-refractivity contribution >= 4 is 41.5 Å². The zero-order valence-electron chi connectivity index (χ0n) is 16.7. The number of hydrogen-bond acceptors (Lipinski definition) is 2. The number of hydrogen-bond donors (Lipinski definition) is 2. The van der Waals surface area contributed by atoms with Crippen LogP contribution in [0.25, 0.3) is 0 Å². The maximum absolute atomic E-state index is 12.1. The van der Waals surface area contributed by atoms with Gasteiger partial charge in [-0.1, -0.05) is 32.4 Å². The van der Waals surface area contributed by atoms with Crippen molar-refractivity contribution in [3.8, 4) is 0 Å². The molecule has 1 aromatic carbocycles. The molecular weight excluding hydrogens is 451 g/mol. The highest BCUT2D eigenvalue weighted by molar-refractivity contribution is 14.0. The van der Waals surface area contributed by atoms with Crippen molar-refractivity contribution in [1.82, 2.24) is 10.2 Å². The number of piperidine rings is 1. The van der Waals surface area contributed by atoms with Crippen molar-refractivity contribution in [2.75, 3.05) is 25.5 Å². The van der Waals surface area contributed by atoms with E-state index < -0.39 is 0 Å². The summed E-state index contributed by atoms with van der Waals surface area (Å²) in [6, 6.07) is 8.10. The predicted molar refractivity (Wildman–Crippen MR) is 123 cm³/mol. The summed E-state index contributed by atoms with van der Waals surface area (Å²) in [6.07, 6.45) is 4.51. The molecule has 1 aliphatic carbocycles. The van der Waals surface area contributed by atoms with Crippen molar-refractivity contribution in [3.63, 3.8) is 0 Å². The molecule has 2 atom stereocenters. The molecular formula is C21H33IN4O. The number of amides is 1. The molecule has 1 saturated carbocycles. The molecule has 0 spiro atoms. The Bertz CT molecular complexity index is 649. The minimum absolute atomic E-state index is 0. The summed E-state index contributed by atoms with van der Waals surface area (Å²) < 4.78 is 0. The second-order valence-corrected chi connectivity index (χ2v) is 8.07. The van der Waals surface area contributed by atoms with Gasteiger partial charge in [0.25, 0.3) is 0 Å². The Hall–Kier alpha value is -1.31. The van der Waals surface area contributed by atoms with E-state index in [2.05, 4.69) is 46.5 Å². The summed E-state index contributed by atoms with van der Waals surface area (Å²) in [7, 11) is 1.85. The van der Waals surface area contributed by atoms with Crippen LogP contribution in [-0.4, -0.2) is 36.9 Å². The number of anilines is 1. The fourth-order valence-electron chi connectivity index (χ4n) is 4.02. The van der Waals surface area contributed by atoms with Crippen LogP contribution in [0.2, 0.25) is 0 Å². The van der Waals surface area contributed by atoms with Gasteiger partial charge in [-0.25, -0.2) is 0 Å². The number of nitrogens with one attached hydrogen (secondary N) is 2. The van der Waals surface area contributed by atoms with Crippen LogP contribution in [0.15, 0.2) is 29.3 Å². The molecule has 0 radical (unpaired) electrons. The van der Waals surface area contributed by atoms with Crippen molar-refractivity contribution < 1.29 is 4.79 Å². The minimum Gasteiger partial charge on any atom is -0.352 e. The van der Waals surface area contributed by atoms with E-state index >= 15 is 0 Å². The van der Waals surface area contributed by atoms with Gasteiger partial charge in [0.2, 0.25) is 5.91 Å². The second-order valence-electron chi connectivity index (χ2n) is 8.07. The van der Waals surface area contributed by atoms with Crippen LogP contribution < -0.4 is 10.6 Å². The number of guanidine groups is 1. The molecule has 2 aliphatic rings. The normalized spacial score (nSPS) is 23.2. The van der Waals surface area contributed by atoms with E-state index in [1.165, 1.54) is 12.8 Å². The molecule has 5 nitrogen and oxygen atoms in total. The first-order valence-electron chi connectivity index (χ1n) is 9.90. The Labute approximate surface area is 180 Å². The highest BCUT2D eigenvalue weighted by Gasteiger charge is 2.25. The SMILES string of the molecule is CN=C(NCc1cccc(NC(=O)C2CCC2)c1)N1CC(C)CC(C)C1.I. The molecule has 2 unspecified atom stereocenters. The maximum atomic E-state index is 12.1. The van der Waals surface area contributed by atoms with Gasteiger partial charge >= 0.3 is 0 Å². The molecule has 27 heavy (non-hydrogen) atoms. The molecule has 1 heterocycles. The molecule has 1 aromatic rings. The minimum atomic E-state index is 0. The van der Waals surface area contributed by atoms with Gasteiger partial charge in [0, 0.05) is 38.3 Å². The van der Waals surface area contributed by atoms with Gasteiger partial charge in [-0.15, -0.1) is 24.0 Å². The van der Waals surface area contributed by atoms with E-state index in [9.17, 15) is 4.79 Å². The van der Waals surface area contributed by atoms with Crippen LogP contribution >= 0.6 is 24.0 Å². The summed E-state index contributed by atoms with van der Waals surface area (Å²) in [5.74, 6) is 2.73. The van der Waals surface area contributed by atoms with Crippen LogP contribution in [0.1, 0.15) is 45.1 Å². The lowest BCUT2D eigenvalue weighted by molar-refractivity contribution is -0.122. The molecule has 0 aromatic heterocycles. The summed E-state index contributed by atoms with van der Waals surface area (Å²) in [5, 5.41) is 6.54. The third-order valence-corrected chi connectivity index (χ3v) is 5.50. The Morgan fingerprint density at radius 1 is 1.22 bits per heavy atom. The third kappa shape index (κ3) is 6.09. The highest BCUT2D eigenvalue weighted by atomic mass is 127. The second kappa shape index (κ2) is 10.3. The number of benzene rings is 1. The predicted octanol–water partition coefficient (Wildman–Crippen LogP) is 4.10. The molecule has 1 aliphatic heterocycles. The average molecular weight is 484 g/mol. The van der Waals surface area contributed by atoms with Crippen molar-refractivity contribution in [2.45, 2.75) is 46.1 Å². The number of rotatable bonds is 4. The van der Waals surface area contributed by atoms with Gasteiger partial charge in [0.15, 0.2) is 5.96 Å². The summed E-state index contributed by atoms with van der Waals surface area (Å²) >= 11 is 0. The van der Waals surface area contributed by atoms with Crippen molar-refractivity contribution in [2.24, 2.45) is 22.7 Å². The molecule has 2 N–H and O–H groups in total. The van der Waals surface area contributed by atoms with Gasteiger partial charge in [-0.2, -0.15) is 0 Å². The Morgan fingerprint density at radius 2 is 1.93 bits per heavy atom. The largest absolute Gasteiger partial charge is 0.352 e. The van der Waals surface area contributed by atoms with E-state index in [4.69, 9.17) is 0 Å². The zero-order valence-corrected chi connectivity index (χ0v) is 19.0. The van der Waals surface area contributed by atoms with Gasteiger partial charge in [-0.05, 0) is 48.8 Å². The summed E-state index contributed by atoms with van der Waals surface area (Å²) in [6.45, 7) is 7.44. The lowest BCUT2D eigenvalue weighted by atomic mass is 9.85. The number of carbonyl (C=O) groups is 1. The van der Waals surface area contributed by atoms with E-state index in [-0.39, 0.29) is 35.8 Å². The summed E-state index contributed by atoms with van der Waals surface area (Å²) in [4.78, 5) is 19.0. The van der Waals surface area contributed by atoms with Crippen LogP contribution in [-0.2, 0) is 11.3 Å². The van der Waals surface area contributed by atoms with Crippen LogP contribution in [0.4, 0.5) is 5.69 Å². The molecule has 0 bridgehead atoms. The van der Waals surface area contributed by atoms with Crippen LogP contribution in [0.3, 0.4) is 0 Å². The smallest absolute Gasteiger partial charge is 0.227 e. The number of aliphatic imine (C=N–C) groups is 1. The molecule has 2 fully saturated rings. The highest BCUT2D eigenvalue weighted by Crippen LogP contribution is 2.27. The first kappa shape index (κ1) is 22.0. The number of nitrogens with zero attached hydrogens (tertiary/aromatic N) is 2.